The monoisotopic (exact) mass is 276 g/mol. The Morgan fingerprint density at radius 2 is 1.84 bits per heavy atom. The quantitative estimate of drug-likeness (QED) is 0.717. The van der Waals surface area contributed by atoms with Gasteiger partial charge in [-0.2, -0.15) is 13.2 Å². The summed E-state index contributed by atoms with van der Waals surface area (Å²) in [7, 11) is 0. The molecule has 4 N–H and O–H groups in total. The highest BCUT2D eigenvalue weighted by molar-refractivity contribution is 5.85. The van der Waals surface area contributed by atoms with E-state index >= 15 is 0 Å². The Morgan fingerprint density at radius 1 is 1.32 bits per heavy atom. The van der Waals surface area contributed by atoms with Crippen LogP contribution >= 0.6 is 0 Å². The predicted molar refractivity (Wildman–Crippen MR) is 60.4 cm³/mol. The molecule has 104 valence electrons. The summed E-state index contributed by atoms with van der Waals surface area (Å²) in [6.07, 6.45) is -4.37. The standard InChI is InChI=1S/C9H10N2O.C2HF3O2/c10-9(12)8-5-6-3-1-2-4-7(6)11-8;3-2(4,5)1(6)7/h1-4,8,11H,5H2,(H2,10,12);(H,6,7). The van der Waals surface area contributed by atoms with Gasteiger partial charge < -0.3 is 16.2 Å². The second-order valence-electron chi connectivity index (χ2n) is 3.76. The first-order valence-electron chi connectivity index (χ1n) is 5.15. The Labute approximate surface area is 106 Å². The molecule has 0 radical (unpaired) electrons. The summed E-state index contributed by atoms with van der Waals surface area (Å²) >= 11 is 0. The van der Waals surface area contributed by atoms with Crippen molar-refractivity contribution in [2.75, 3.05) is 5.32 Å². The fraction of sp³-hybridized carbons (Fsp3) is 0.273. The zero-order chi connectivity index (χ0) is 14.6. The van der Waals surface area contributed by atoms with Crippen molar-refractivity contribution in [1.82, 2.24) is 0 Å². The number of primary amides is 1. The number of amides is 1. The van der Waals surface area contributed by atoms with Crippen LogP contribution in [0.25, 0.3) is 0 Å². The lowest BCUT2D eigenvalue weighted by atomic mass is 10.1. The first-order valence-corrected chi connectivity index (χ1v) is 5.15. The molecule has 0 fully saturated rings. The van der Waals surface area contributed by atoms with Crippen molar-refractivity contribution in [3.05, 3.63) is 29.8 Å². The van der Waals surface area contributed by atoms with Crippen LogP contribution in [0.5, 0.6) is 0 Å². The summed E-state index contributed by atoms with van der Waals surface area (Å²) in [5.74, 6) is -3.04. The van der Waals surface area contributed by atoms with Gasteiger partial charge in [0, 0.05) is 12.1 Å². The van der Waals surface area contributed by atoms with Crippen LogP contribution in [-0.2, 0) is 16.0 Å². The fourth-order valence-corrected chi connectivity index (χ4v) is 1.47. The number of benzene rings is 1. The summed E-state index contributed by atoms with van der Waals surface area (Å²) in [6, 6.07) is 7.64. The molecule has 0 aromatic heterocycles. The maximum Gasteiger partial charge on any atom is 0.490 e. The average Bonchev–Trinajstić information content (AvgIpc) is 2.72. The number of carboxylic acid groups (broad SMARTS) is 1. The topological polar surface area (TPSA) is 92.4 Å². The minimum absolute atomic E-state index is 0.220. The number of carboxylic acids is 1. The third-order valence-electron chi connectivity index (χ3n) is 2.36. The van der Waals surface area contributed by atoms with Crippen LogP contribution < -0.4 is 11.1 Å². The lowest BCUT2D eigenvalue weighted by Gasteiger charge is -2.04. The van der Waals surface area contributed by atoms with Crippen molar-refractivity contribution in [2.45, 2.75) is 18.6 Å². The van der Waals surface area contributed by atoms with Gasteiger partial charge in [0.1, 0.15) is 6.04 Å². The van der Waals surface area contributed by atoms with Gasteiger partial charge in [-0.3, -0.25) is 4.79 Å². The van der Waals surface area contributed by atoms with E-state index in [1.165, 1.54) is 5.56 Å². The van der Waals surface area contributed by atoms with Crippen molar-refractivity contribution in [3.8, 4) is 0 Å². The van der Waals surface area contributed by atoms with Crippen molar-refractivity contribution in [3.63, 3.8) is 0 Å². The minimum atomic E-state index is -5.08. The van der Waals surface area contributed by atoms with E-state index in [9.17, 15) is 18.0 Å². The molecule has 0 spiro atoms. The smallest absolute Gasteiger partial charge is 0.475 e. The number of fused-ring (bicyclic) bond motifs is 1. The number of nitrogens with two attached hydrogens (primary N) is 1. The third-order valence-corrected chi connectivity index (χ3v) is 2.36. The largest absolute Gasteiger partial charge is 0.490 e. The second kappa shape index (κ2) is 5.59. The van der Waals surface area contributed by atoms with E-state index in [0.29, 0.717) is 6.42 Å². The molecular formula is C11H11F3N2O3. The minimum Gasteiger partial charge on any atom is -0.475 e. The summed E-state index contributed by atoms with van der Waals surface area (Å²) < 4.78 is 31.7. The first-order chi connectivity index (χ1) is 8.71. The predicted octanol–water partition coefficient (Wildman–Crippen LogP) is 1.14. The van der Waals surface area contributed by atoms with E-state index in [0.717, 1.165) is 5.69 Å². The number of para-hydroxylation sites is 1. The molecule has 1 atom stereocenters. The molecule has 8 heteroatoms. The first kappa shape index (κ1) is 14.8. The highest BCUT2D eigenvalue weighted by Crippen LogP contribution is 2.24. The van der Waals surface area contributed by atoms with Gasteiger partial charge in [0.25, 0.3) is 0 Å². The van der Waals surface area contributed by atoms with Gasteiger partial charge >= 0.3 is 12.1 Å². The number of anilines is 1. The maximum absolute atomic E-state index is 10.8. The van der Waals surface area contributed by atoms with Crippen LogP contribution in [-0.4, -0.2) is 29.2 Å². The maximum atomic E-state index is 10.8. The molecule has 0 saturated carbocycles. The van der Waals surface area contributed by atoms with Crippen LogP contribution in [0.3, 0.4) is 0 Å². The van der Waals surface area contributed by atoms with Crippen molar-refractivity contribution >= 4 is 17.6 Å². The van der Waals surface area contributed by atoms with E-state index < -0.39 is 12.1 Å². The molecule has 1 amide bonds. The number of nitrogens with one attached hydrogen (secondary N) is 1. The van der Waals surface area contributed by atoms with E-state index in [-0.39, 0.29) is 11.9 Å². The highest BCUT2D eigenvalue weighted by Gasteiger charge is 2.38. The molecule has 1 heterocycles. The number of halogens is 3. The van der Waals surface area contributed by atoms with Crippen molar-refractivity contribution in [1.29, 1.82) is 0 Å². The molecule has 0 bridgehead atoms. The van der Waals surface area contributed by atoms with Crippen LogP contribution in [0.2, 0.25) is 0 Å². The van der Waals surface area contributed by atoms with Crippen LogP contribution in [0.4, 0.5) is 18.9 Å². The number of rotatable bonds is 1. The molecule has 1 aliphatic heterocycles. The van der Waals surface area contributed by atoms with Gasteiger partial charge in [0.05, 0.1) is 0 Å². The molecule has 19 heavy (non-hydrogen) atoms. The van der Waals surface area contributed by atoms with Crippen LogP contribution in [0.1, 0.15) is 5.56 Å². The fourth-order valence-electron chi connectivity index (χ4n) is 1.47. The number of hydrogen-bond donors (Lipinski definition) is 3. The Bertz CT molecular complexity index is 463. The second-order valence-corrected chi connectivity index (χ2v) is 3.76. The molecule has 0 saturated heterocycles. The molecule has 1 aromatic rings. The van der Waals surface area contributed by atoms with Gasteiger partial charge in [-0.1, -0.05) is 18.2 Å². The molecule has 1 aromatic carbocycles. The van der Waals surface area contributed by atoms with E-state index in [1.807, 2.05) is 24.3 Å². The third kappa shape index (κ3) is 4.16. The summed E-state index contributed by atoms with van der Waals surface area (Å²) in [5, 5.41) is 10.2. The highest BCUT2D eigenvalue weighted by atomic mass is 19.4. The number of carbonyl (C=O) groups is 2. The normalized spacial score (nSPS) is 16.7. The van der Waals surface area contributed by atoms with Gasteiger partial charge in [-0.05, 0) is 11.6 Å². The van der Waals surface area contributed by atoms with E-state index in [4.69, 9.17) is 15.6 Å². The van der Waals surface area contributed by atoms with Gasteiger partial charge in [-0.15, -0.1) is 0 Å². The molecule has 1 aliphatic rings. The van der Waals surface area contributed by atoms with Crippen LogP contribution in [0.15, 0.2) is 24.3 Å². The Morgan fingerprint density at radius 3 is 2.26 bits per heavy atom. The molecule has 5 nitrogen and oxygen atoms in total. The summed E-state index contributed by atoms with van der Waals surface area (Å²) in [4.78, 5) is 19.7. The zero-order valence-electron chi connectivity index (χ0n) is 9.57. The molecule has 2 rings (SSSR count). The Balaban J connectivity index is 0.000000224. The number of carbonyl (C=O) groups excluding carboxylic acids is 1. The number of aliphatic carboxylic acids is 1. The van der Waals surface area contributed by atoms with Crippen molar-refractivity contribution < 1.29 is 27.9 Å². The molecule has 1 unspecified atom stereocenters. The lowest BCUT2D eigenvalue weighted by Crippen LogP contribution is -2.33. The van der Waals surface area contributed by atoms with Gasteiger partial charge in [0.2, 0.25) is 5.91 Å². The summed E-state index contributed by atoms with van der Waals surface area (Å²) in [6.45, 7) is 0. The zero-order valence-corrected chi connectivity index (χ0v) is 9.57. The van der Waals surface area contributed by atoms with E-state index in [1.54, 1.807) is 0 Å². The lowest BCUT2D eigenvalue weighted by molar-refractivity contribution is -0.192. The summed E-state index contributed by atoms with van der Waals surface area (Å²) in [5.41, 5.74) is 7.37. The number of hydrogen-bond acceptors (Lipinski definition) is 3. The Kier molecular flexibility index (Phi) is 4.36. The van der Waals surface area contributed by atoms with Gasteiger partial charge in [-0.25, -0.2) is 4.79 Å². The van der Waals surface area contributed by atoms with E-state index in [2.05, 4.69) is 5.32 Å². The van der Waals surface area contributed by atoms with Gasteiger partial charge in [0.15, 0.2) is 0 Å². The van der Waals surface area contributed by atoms with Crippen LogP contribution in [0, 0.1) is 0 Å². The number of alkyl halides is 3. The average molecular weight is 276 g/mol. The molecular weight excluding hydrogens is 265 g/mol. The van der Waals surface area contributed by atoms with Crippen molar-refractivity contribution in [2.24, 2.45) is 5.73 Å². The SMILES string of the molecule is NC(=O)C1Cc2ccccc2N1.O=C(O)C(F)(F)F. The molecule has 0 aliphatic carbocycles. The Hall–Kier alpha value is -2.25.